The Morgan fingerprint density at radius 2 is 2.50 bits per heavy atom. The van der Waals surface area contributed by atoms with E-state index in [2.05, 4.69) is 41.5 Å². The quantitative estimate of drug-likeness (QED) is 0.873. The van der Waals surface area contributed by atoms with E-state index in [4.69, 9.17) is 0 Å². The van der Waals surface area contributed by atoms with Crippen molar-refractivity contribution in [3.05, 3.63) is 16.1 Å². The molecule has 2 rings (SSSR count). The molecule has 0 amide bonds. The summed E-state index contributed by atoms with van der Waals surface area (Å²) in [5.74, 6) is 0. The Hall–Kier alpha value is -0.450. The van der Waals surface area contributed by atoms with Gasteiger partial charge in [-0.15, -0.1) is 11.3 Å². The highest BCUT2D eigenvalue weighted by molar-refractivity contribution is 7.09. The van der Waals surface area contributed by atoms with Gasteiger partial charge < -0.3 is 5.32 Å². The number of likely N-dealkylation sites (N-methyl/N-ethyl adjacent to an activating group) is 1. The van der Waals surface area contributed by atoms with Gasteiger partial charge in [-0.2, -0.15) is 0 Å². The van der Waals surface area contributed by atoms with Gasteiger partial charge in [0, 0.05) is 24.0 Å². The molecule has 90 valence electrons. The number of hydrogen-bond acceptors (Lipinski definition) is 4. The Morgan fingerprint density at radius 3 is 3.06 bits per heavy atom. The van der Waals surface area contributed by atoms with Gasteiger partial charge in [0.1, 0.15) is 0 Å². The van der Waals surface area contributed by atoms with Crippen LogP contribution in [-0.4, -0.2) is 36.1 Å². The van der Waals surface area contributed by atoms with Gasteiger partial charge in [-0.05, 0) is 40.3 Å². The van der Waals surface area contributed by atoms with E-state index in [-0.39, 0.29) is 0 Å². The van der Waals surface area contributed by atoms with Crippen molar-refractivity contribution >= 4 is 11.3 Å². The predicted octanol–water partition coefficient (Wildman–Crippen LogP) is 2.20. The molecule has 1 N–H and O–H groups in total. The molecule has 0 saturated carbocycles. The highest BCUT2D eigenvalue weighted by Gasteiger charge is 2.20. The molecule has 2 unspecified atom stereocenters. The first kappa shape index (κ1) is 12.0. The van der Waals surface area contributed by atoms with Crippen molar-refractivity contribution in [1.82, 2.24) is 15.2 Å². The lowest BCUT2D eigenvalue weighted by atomic mass is 10.1. The van der Waals surface area contributed by atoms with Crippen molar-refractivity contribution in [3.63, 3.8) is 0 Å². The summed E-state index contributed by atoms with van der Waals surface area (Å²) >= 11 is 1.74. The van der Waals surface area contributed by atoms with E-state index in [0.717, 1.165) is 11.6 Å². The van der Waals surface area contributed by atoms with E-state index in [9.17, 15) is 0 Å². The Bertz CT molecular complexity index is 331. The van der Waals surface area contributed by atoms with E-state index < -0.39 is 0 Å². The summed E-state index contributed by atoms with van der Waals surface area (Å²) in [5.41, 5.74) is 1.21. The molecular formula is C12H21N3S. The van der Waals surface area contributed by atoms with Crippen LogP contribution in [-0.2, 0) is 0 Å². The third-order valence-corrected chi connectivity index (χ3v) is 4.19. The largest absolute Gasteiger partial charge is 0.313 e. The van der Waals surface area contributed by atoms with Gasteiger partial charge in [0.25, 0.3) is 0 Å². The predicted molar refractivity (Wildman–Crippen MR) is 68.9 cm³/mol. The van der Waals surface area contributed by atoms with Crippen LogP contribution in [0.2, 0.25) is 0 Å². The smallest absolute Gasteiger partial charge is 0.0898 e. The molecule has 0 aromatic carbocycles. The molecule has 2 atom stereocenters. The molecule has 1 aromatic rings. The molecule has 16 heavy (non-hydrogen) atoms. The zero-order chi connectivity index (χ0) is 11.5. The summed E-state index contributed by atoms with van der Waals surface area (Å²) < 4.78 is 0. The normalized spacial score (nSPS) is 22.9. The van der Waals surface area contributed by atoms with Crippen LogP contribution >= 0.6 is 11.3 Å². The maximum absolute atomic E-state index is 4.56. The molecule has 2 heterocycles. The molecule has 1 saturated heterocycles. The third-order valence-electron chi connectivity index (χ3n) is 3.40. The number of nitrogens with one attached hydrogen (secondary N) is 1. The maximum atomic E-state index is 4.56. The van der Waals surface area contributed by atoms with Crippen LogP contribution in [0, 0.1) is 6.92 Å². The molecular weight excluding hydrogens is 218 g/mol. The average molecular weight is 239 g/mol. The Balaban J connectivity index is 1.90. The maximum Gasteiger partial charge on any atom is 0.0898 e. The SMILES string of the molecule is Cc1nc(C(C)N(C)CC2CCCN2)cs1. The Kier molecular flexibility index (Phi) is 3.95. The topological polar surface area (TPSA) is 28.2 Å². The first-order valence-corrected chi connectivity index (χ1v) is 6.90. The van der Waals surface area contributed by atoms with Crippen LogP contribution in [0.15, 0.2) is 5.38 Å². The standard InChI is InChI=1S/C12H21N3S/c1-9(12-8-16-10(2)14-12)15(3)7-11-5-4-6-13-11/h8-9,11,13H,4-7H2,1-3H3. The van der Waals surface area contributed by atoms with Crippen LogP contribution in [0.3, 0.4) is 0 Å². The number of rotatable bonds is 4. The van der Waals surface area contributed by atoms with Crippen LogP contribution in [0.25, 0.3) is 0 Å². The van der Waals surface area contributed by atoms with E-state index in [0.29, 0.717) is 12.1 Å². The second kappa shape index (κ2) is 5.25. The fourth-order valence-electron chi connectivity index (χ4n) is 2.22. The number of hydrogen-bond donors (Lipinski definition) is 1. The molecule has 0 aliphatic carbocycles. The first-order chi connectivity index (χ1) is 7.66. The van der Waals surface area contributed by atoms with E-state index in [1.807, 2.05) is 0 Å². The van der Waals surface area contributed by atoms with Crippen LogP contribution in [0.1, 0.15) is 36.5 Å². The van der Waals surface area contributed by atoms with Gasteiger partial charge in [0.05, 0.1) is 10.7 Å². The van der Waals surface area contributed by atoms with Crippen molar-refractivity contribution in [3.8, 4) is 0 Å². The van der Waals surface area contributed by atoms with E-state index in [1.165, 1.54) is 25.1 Å². The molecule has 1 aliphatic rings. The summed E-state index contributed by atoms with van der Waals surface area (Å²) in [6.07, 6.45) is 2.63. The van der Waals surface area contributed by atoms with Gasteiger partial charge in [-0.1, -0.05) is 0 Å². The fourth-order valence-corrected chi connectivity index (χ4v) is 2.92. The van der Waals surface area contributed by atoms with Crippen LogP contribution < -0.4 is 5.32 Å². The summed E-state index contributed by atoms with van der Waals surface area (Å²) in [6, 6.07) is 1.10. The highest BCUT2D eigenvalue weighted by atomic mass is 32.1. The lowest BCUT2D eigenvalue weighted by molar-refractivity contribution is 0.235. The summed E-state index contributed by atoms with van der Waals surface area (Å²) in [4.78, 5) is 6.96. The highest BCUT2D eigenvalue weighted by Crippen LogP contribution is 2.21. The number of aromatic nitrogens is 1. The van der Waals surface area contributed by atoms with Gasteiger partial charge >= 0.3 is 0 Å². The molecule has 0 bridgehead atoms. The average Bonchev–Trinajstić information content (AvgIpc) is 2.88. The summed E-state index contributed by atoms with van der Waals surface area (Å²) in [6.45, 7) is 6.61. The number of nitrogens with zero attached hydrogens (tertiary/aromatic N) is 2. The van der Waals surface area contributed by atoms with Gasteiger partial charge in [0.2, 0.25) is 0 Å². The number of aryl methyl sites for hydroxylation is 1. The Morgan fingerprint density at radius 1 is 1.69 bits per heavy atom. The van der Waals surface area contributed by atoms with Crippen molar-refractivity contribution in [2.45, 2.75) is 38.8 Å². The van der Waals surface area contributed by atoms with Crippen molar-refractivity contribution < 1.29 is 0 Å². The van der Waals surface area contributed by atoms with Crippen LogP contribution in [0.5, 0.6) is 0 Å². The zero-order valence-electron chi connectivity index (χ0n) is 10.4. The molecule has 0 radical (unpaired) electrons. The van der Waals surface area contributed by atoms with Gasteiger partial charge in [-0.3, -0.25) is 4.90 Å². The minimum absolute atomic E-state index is 0.423. The van der Waals surface area contributed by atoms with Crippen molar-refractivity contribution in [1.29, 1.82) is 0 Å². The first-order valence-electron chi connectivity index (χ1n) is 6.02. The molecule has 1 fully saturated rings. The van der Waals surface area contributed by atoms with Crippen LogP contribution in [0.4, 0.5) is 0 Å². The van der Waals surface area contributed by atoms with E-state index in [1.54, 1.807) is 11.3 Å². The summed E-state index contributed by atoms with van der Waals surface area (Å²) in [7, 11) is 2.19. The molecule has 4 heteroatoms. The second-order valence-electron chi connectivity index (χ2n) is 4.70. The fraction of sp³-hybridized carbons (Fsp3) is 0.750. The minimum atomic E-state index is 0.423. The molecule has 1 aliphatic heterocycles. The van der Waals surface area contributed by atoms with E-state index >= 15 is 0 Å². The Labute approximate surface area is 102 Å². The molecule has 0 spiro atoms. The summed E-state index contributed by atoms with van der Waals surface area (Å²) in [5, 5.41) is 6.88. The lowest BCUT2D eigenvalue weighted by Crippen LogP contribution is -2.36. The molecule has 3 nitrogen and oxygen atoms in total. The minimum Gasteiger partial charge on any atom is -0.313 e. The van der Waals surface area contributed by atoms with Crippen molar-refractivity contribution in [2.24, 2.45) is 0 Å². The lowest BCUT2D eigenvalue weighted by Gasteiger charge is -2.26. The zero-order valence-corrected chi connectivity index (χ0v) is 11.2. The molecule has 1 aromatic heterocycles. The monoisotopic (exact) mass is 239 g/mol. The van der Waals surface area contributed by atoms with Crippen molar-refractivity contribution in [2.75, 3.05) is 20.1 Å². The second-order valence-corrected chi connectivity index (χ2v) is 5.76. The van der Waals surface area contributed by atoms with Gasteiger partial charge in [-0.25, -0.2) is 4.98 Å². The van der Waals surface area contributed by atoms with Gasteiger partial charge in [0.15, 0.2) is 0 Å². The number of thiazole rings is 1. The third kappa shape index (κ3) is 2.81.